The Bertz CT molecular complexity index is 669. The summed E-state index contributed by atoms with van der Waals surface area (Å²) in [6.07, 6.45) is 3.15. The summed E-state index contributed by atoms with van der Waals surface area (Å²) in [6.45, 7) is 9.98. The van der Waals surface area contributed by atoms with Gasteiger partial charge >= 0.3 is 0 Å². The van der Waals surface area contributed by atoms with E-state index >= 15 is 0 Å². The maximum Gasteiger partial charge on any atom is 0.237 e. The predicted molar refractivity (Wildman–Crippen MR) is 97.0 cm³/mol. The Morgan fingerprint density at radius 3 is 2.69 bits per heavy atom. The van der Waals surface area contributed by atoms with Crippen LogP contribution in [0.15, 0.2) is 10.7 Å². The molecule has 1 aromatic rings. The van der Waals surface area contributed by atoms with Crippen molar-refractivity contribution in [3.8, 4) is 0 Å². The number of primary amides is 1. The molecule has 0 spiro atoms. The van der Waals surface area contributed by atoms with E-state index in [0.29, 0.717) is 25.4 Å². The van der Waals surface area contributed by atoms with Gasteiger partial charge in [-0.1, -0.05) is 27.7 Å². The lowest BCUT2D eigenvalue weighted by molar-refractivity contribution is -0.141. The molecule has 3 atom stereocenters. The zero-order valence-corrected chi connectivity index (χ0v) is 16.1. The monoisotopic (exact) mass is 362 g/mol. The van der Waals surface area contributed by atoms with Crippen molar-refractivity contribution in [2.24, 2.45) is 17.6 Å². The fraction of sp³-hybridized carbons (Fsp3) is 0.737. The molecule has 2 fully saturated rings. The molecule has 144 valence electrons. The summed E-state index contributed by atoms with van der Waals surface area (Å²) >= 11 is 0. The van der Waals surface area contributed by atoms with Gasteiger partial charge in [0.2, 0.25) is 11.8 Å². The van der Waals surface area contributed by atoms with Crippen molar-refractivity contribution in [3.05, 3.63) is 17.8 Å². The molecule has 2 aliphatic heterocycles. The number of oxazole rings is 1. The summed E-state index contributed by atoms with van der Waals surface area (Å²) in [6, 6.07) is -0.0132. The number of carbonyl (C=O) groups is 2. The SMILES string of the molecule is CC(C)C[C@@H]1[C@H](C(N)=O)C[C@@H]2CN(Cc3coc(C(C)C)n3)CC(=O)N21. The summed E-state index contributed by atoms with van der Waals surface area (Å²) in [5, 5.41) is 0. The van der Waals surface area contributed by atoms with Crippen LogP contribution < -0.4 is 5.73 Å². The van der Waals surface area contributed by atoms with Crippen molar-refractivity contribution >= 4 is 11.8 Å². The van der Waals surface area contributed by atoms with Gasteiger partial charge in [-0.2, -0.15) is 0 Å². The van der Waals surface area contributed by atoms with Gasteiger partial charge in [-0.25, -0.2) is 4.98 Å². The van der Waals surface area contributed by atoms with Gasteiger partial charge in [0.1, 0.15) is 6.26 Å². The van der Waals surface area contributed by atoms with Crippen molar-refractivity contribution in [2.45, 2.75) is 65.1 Å². The van der Waals surface area contributed by atoms with Gasteiger partial charge in [0.05, 0.1) is 18.2 Å². The van der Waals surface area contributed by atoms with E-state index < -0.39 is 0 Å². The number of carbonyl (C=O) groups excluding carboxylic acids is 2. The second kappa shape index (κ2) is 7.39. The van der Waals surface area contributed by atoms with Gasteiger partial charge in [-0.15, -0.1) is 0 Å². The molecule has 26 heavy (non-hydrogen) atoms. The molecule has 0 aromatic carbocycles. The van der Waals surface area contributed by atoms with E-state index in [1.54, 1.807) is 6.26 Å². The van der Waals surface area contributed by atoms with E-state index in [-0.39, 0.29) is 35.7 Å². The van der Waals surface area contributed by atoms with E-state index in [1.807, 2.05) is 18.7 Å². The first-order chi connectivity index (χ1) is 12.3. The van der Waals surface area contributed by atoms with Crippen LogP contribution in [-0.4, -0.2) is 51.8 Å². The Hall–Kier alpha value is -1.89. The zero-order valence-electron chi connectivity index (χ0n) is 16.1. The number of fused-ring (bicyclic) bond motifs is 1. The Balaban J connectivity index is 1.71. The number of aromatic nitrogens is 1. The van der Waals surface area contributed by atoms with E-state index in [2.05, 4.69) is 23.7 Å². The molecule has 2 N–H and O–H groups in total. The van der Waals surface area contributed by atoms with Crippen molar-refractivity contribution in [1.29, 1.82) is 0 Å². The Kier molecular flexibility index (Phi) is 5.37. The standard InChI is InChI=1S/C19H30N4O3/c1-11(2)5-16-15(18(20)25)6-14-8-22(9-17(24)23(14)16)7-13-10-26-19(21-13)12(3)4/h10-12,14-16H,5-9H2,1-4H3,(H2,20,25)/t14-,15-,16-/m1/s1. The number of hydrogen-bond donors (Lipinski definition) is 1. The van der Waals surface area contributed by atoms with Crippen molar-refractivity contribution in [2.75, 3.05) is 13.1 Å². The summed E-state index contributed by atoms with van der Waals surface area (Å²) < 4.78 is 5.50. The van der Waals surface area contributed by atoms with Gasteiger partial charge < -0.3 is 15.1 Å². The minimum absolute atomic E-state index is 0.0500. The molecule has 7 heteroatoms. The average Bonchev–Trinajstić information content (AvgIpc) is 3.12. The minimum atomic E-state index is -0.289. The maximum atomic E-state index is 12.8. The van der Waals surface area contributed by atoms with Crippen molar-refractivity contribution < 1.29 is 14.0 Å². The third-order valence-corrected chi connectivity index (χ3v) is 5.38. The van der Waals surface area contributed by atoms with Crippen molar-refractivity contribution in [1.82, 2.24) is 14.8 Å². The molecule has 0 unspecified atom stereocenters. The third-order valence-electron chi connectivity index (χ3n) is 5.38. The Morgan fingerprint density at radius 2 is 2.12 bits per heavy atom. The lowest BCUT2D eigenvalue weighted by atomic mass is 9.91. The Morgan fingerprint density at radius 1 is 1.38 bits per heavy atom. The van der Waals surface area contributed by atoms with Crippen LogP contribution in [0.3, 0.4) is 0 Å². The second-order valence-electron chi connectivity index (χ2n) is 8.40. The number of nitrogens with zero attached hydrogens (tertiary/aromatic N) is 3. The van der Waals surface area contributed by atoms with E-state index in [1.165, 1.54) is 0 Å². The van der Waals surface area contributed by atoms with Crippen LogP contribution in [0.4, 0.5) is 0 Å². The van der Waals surface area contributed by atoms with Gasteiger partial charge in [0.15, 0.2) is 5.89 Å². The number of hydrogen-bond acceptors (Lipinski definition) is 5. The average molecular weight is 362 g/mol. The zero-order chi connectivity index (χ0) is 19.0. The summed E-state index contributed by atoms with van der Waals surface area (Å²) in [7, 11) is 0. The molecule has 1 aromatic heterocycles. The first-order valence-electron chi connectivity index (χ1n) is 9.53. The van der Waals surface area contributed by atoms with Crippen LogP contribution in [0.5, 0.6) is 0 Å². The van der Waals surface area contributed by atoms with Gasteiger partial charge in [-0.3, -0.25) is 14.5 Å². The normalized spacial score (nSPS) is 26.8. The number of nitrogens with two attached hydrogens (primary N) is 1. The van der Waals surface area contributed by atoms with E-state index in [0.717, 1.165) is 24.6 Å². The van der Waals surface area contributed by atoms with Gasteiger partial charge in [-0.05, 0) is 18.8 Å². The number of rotatable bonds is 6. The highest BCUT2D eigenvalue weighted by Crippen LogP contribution is 2.36. The molecule has 0 bridgehead atoms. The molecule has 0 radical (unpaired) electrons. The molecule has 7 nitrogen and oxygen atoms in total. The lowest BCUT2D eigenvalue weighted by Crippen LogP contribution is -2.56. The third kappa shape index (κ3) is 3.77. The fourth-order valence-electron chi connectivity index (χ4n) is 4.29. The summed E-state index contributed by atoms with van der Waals surface area (Å²) in [4.78, 5) is 33.3. The Labute approximate surface area is 154 Å². The molecule has 2 saturated heterocycles. The molecule has 0 saturated carbocycles. The quantitative estimate of drug-likeness (QED) is 0.832. The van der Waals surface area contributed by atoms with Crippen LogP contribution in [0.1, 0.15) is 58.0 Å². The van der Waals surface area contributed by atoms with Gasteiger partial charge in [0, 0.05) is 31.1 Å². The van der Waals surface area contributed by atoms with Crippen molar-refractivity contribution in [3.63, 3.8) is 0 Å². The lowest BCUT2D eigenvalue weighted by Gasteiger charge is -2.40. The maximum absolute atomic E-state index is 12.8. The first-order valence-corrected chi connectivity index (χ1v) is 9.53. The molecule has 3 heterocycles. The molecule has 0 aliphatic carbocycles. The van der Waals surface area contributed by atoms with E-state index in [9.17, 15) is 9.59 Å². The fourth-order valence-corrected chi connectivity index (χ4v) is 4.29. The predicted octanol–water partition coefficient (Wildman–Crippen LogP) is 1.73. The van der Waals surface area contributed by atoms with Gasteiger partial charge in [0.25, 0.3) is 0 Å². The van der Waals surface area contributed by atoms with Crippen LogP contribution in [0, 0.1) is 11.8 Å². The smallest absolute Gasteiger partial charge is 0.237 e. The number of piperazine rings is 1. The highest BCUT2D eigenvalue weighted by atomic mass is 16.3. The highest BCUT2D eigenvalue weighted by Gasteiger charge is 2.48. The number of amides is 2. The highest BCUT2D eigenvalue weighted by molar-refractivity contribution is 5.84. The van der Waals surface area contributed by atoms with Crippen LogP contribution in [-0.2, 0) is 16.1 Å². The van der Waals surface area contributed by atoms with Crippen LogP contribution in [0.25, 0.3) is 0 Å². The summed E-state index contributed by atoms with van der Waals surface area (Å²) in [5.74, 6) is 0.925. The topological polar surface area (TPSA) is 92.7 Å². The minimum Gasteiger partial charge on any atom is -0.448 e. The van der Waals surface area contributed by atoms with Crippen LogP contribution >= 0.6 is 0 Å². The van der Waals surface area contributed by atoms with E-state index in [4.69, 9.17) is 10.2 Å². The largest absolute Gasteiger partial charge is 0.448 e. The first kappa shape index (κ1) is 18.9. The molecular formula is C19H30N4O3. The van der Waals surface area contributed by atoms with Crippen LogP contribution in [0.2, 0.25) is 0 Å². The molecule has 3 rings (SSSR count). The molecule has 2 aliphatic rings. The summed E-state index contributed by atoms with van der Waals surface area (Å²) in [5.41, 5.74) is 6.49. The molecule has 2 amide bonds. The second-order valence-corrected chi connectivity index (χ2v) is 8.40. The molecular weight excluding hydrogens is 332 g/mol.